The molecule has 0 bridgehead atoms. The highest BCUT2D eigenvalue weighted by molar-refractivity contribution is 5.48. The Morgan fingerprint density at radius 3 is 2.53 bits per heavy atom. The molecule has 0 aliphatic rings. The monoisotopic (exact) mass is 229 g/mol. The normalized spacial score (nSPS) is 10.8. The Kier molecular flexibility index (Phi) is 3.18. The van der Waals surface area contributed by atoms with Gasteiger partial charge in [-0.25, -0.2) is 4.98 Å². The third kappa shape index (κ3) is 2.67. The van der Waals surface area contributed by atoms with Gasteiger partial charge in [0.15, 0.2) is 0 Å². The van der Waals surface area contributed by atoms with Crippen LogP contribution in [0.25, 0.3) is 0 Å². The molecule has 2 aromatic rings. The topological polar surface area (TPSA) is 54.7 Å². The molecule has 0 aliphatic carbocycles. The first-order chi connectivity index (χ1) is 8.06. The molecule has 3 nitrogen and oxygen atoms in total. The molecule has 90 valence electrons. The number of aromatic nitrogens is 2. The van der Waals surface area contributed by atoms with E-state index in [2.05, 4.69) is 35.1 Å². The van der Waals surface area contributed by atoms with Gasteiger partial charge in [-0.3, -0.25) is 0 Å². The Morgan fingerprint density at radius 2 is 1.94 bits per heavy atom. The van der Waals surface area contributed by atoms with E-state index in [0.717, 1.165) is 41.3 Å². The van der Waals surface area contributed by atoms with Crippen molar-refractivity contribution in [1.82, 2.24) is 9.97 Å². The van der Waals surface area contributed by atoms with Gasteiger partial charge in [-0.05, 0) is 44.4 Å². The van der Waals surface area contributed by atoms with Crippen LogP contribution in [0.2, 0.25) is 0 Å². The summed E-state index contributed by atoms with van der Waals surface area (Å²) in [6.45, 7) is 6.10. The van der Waals surface area contributed by atoms with Crippen LogP contribution in [0.4, 0.5) is 5.69 Å². The molecule has 0 radical (unpaired) electrons. The van der Waals surface area contributed by atoms with Crippen molar-refractivity contribution in [2.75, 3.05) is 5.73 Å². The van der Waals surface area contributed by atoms with Crippen molar-refractivity contribution in [3.8, 4) is 0 Å². The molecule has 0 unspecified atom stereocenters. The fraction of sp³-hybridized carbons (Fsp3) is 0.357. The highest BCUT2D eigenvalue weighted by atomic mass is 14.9. The van der Waals surface area contributed by atoms with Gasteiger partial charge < -0.3 is 10.7 Å². The summed E-state index contributed by atoms with van der Waals surface area (Å²) in [6, 6.07) is 6.26. The maximum Gasteiger partial charge on any atom is 0.106 e. The molecule has 0 saturated heterocycles. The van der Waals surface area contributed by atoms with Crippen LogP contribution in [0.15, 0.2) is 18.2 Å². The van der Waals surface area contributed by atoms with Crippen LogP contribution in [-0.2, 0) is 12.8 Å². The van der Waals surface area contributed by atoms with E-state index in [1.54, 1.807) is 0 Å². The smallest absolute Gasteiger partial charge is 0.106 e. The Balaban J connectivity index is 2.04. The molecule has 0 spiro atoms. The van der Waals surface area contributed by atoms with Gasteiger partial charge in [0, 0.05) is 17.8 Å². The first-order valence-electron chi connectivity index (χ1n) is 5.93. The van der Waals surface area contributed by atoms with Crippen LogP contribution in [0.5, 0.6) is 0 Å². The van der Waals surface area contributed by atoms with Gasteiger partial charge in [-0.1, -0.05) is 12.1 Å². The Bertz CT molecular complexity index is 507. The zero-order valence-corrected chi connectivity index (χ0v) is 10.7. The van der Waals surface area contributed by atoms with Crippen molar-refractivity contribution in [1.29, 1.82) is 0 Å². The lowest BCUT2D eigenvalue weighted by molar-refractivity contribution is 0.878. The fourth-order valence-corrected chi connectivity index (χ4v) is 1.85. The van der Waals surface area contributed by atoms with Crippen molar-refractivity contribution < 1.29 is 0 Å². The van der Waals surface area contributed by atoms with Crippen LogP contribution >= 0.6 is 0 Å². The second-order valence-corrected chi connectivity index (χ2v) is 4.58. The summed E-state index contributed by atoms with van der Waals surface area (Å²) >= 11 is 0. The molecule has 3 heteroatoms. The van der Waals surface area contributed by atoms with Crippen LogP contribution in [0.3, 0.4) is 0 Å². The molecule has 17 heavy (non-hydrogen) atoms. The second kappa shape index (κ2) is 4.62. The summed E-state index contributed by atoms with van der Waals surface area (Å²) in [6.07, 6.45) is 1.90. The minimum Gasteiger partial charge on any atom is -0.399 e. The molecule has 1 heterocycles. The quantitative estimate of drug-likeness (QED) is 0.795. The van der Waals surface area contributed by atoms with Crippen LogP contribution in [-0.4, -0.2) is 9.97 Å². The largest absolute Gasteiger partial charge is 0.399 e. The number of imidazole rings is 1. The lowest BCUT2D eigenvalue weighted by Gasteiger charge is -2.04. The van der Waals surface area contributed by atoms with Gasteiger partial charge in [0.05, 0.1) is 5.69 Å². The maximum atomic E-state index is 5.89. The van der Waals surface area contributed by atoms with Gasteiger partial charge in [0.2, 0.25) is 0 Å². The second-order valence-electron chi connectivity index (χ2n) is 4.58. The number of hydrogen-bond acceptors (Lipinski definition) is 2. The first kappa shape index (κ1) is 11.7. The third-order valence-electron chi connectivity index (χ3n) is 3.17. The minimum atomic E-state index is 0.870. The summed E-state index contributed by atoms with van der Waals surface area (Å²) in [5.41, 5.74) is 11.4. The number of hydrogen-bond donors (Lipinski definition) is 2. The van der Waals surface area contributed by atoms with Gasteiger partial charge >= 0.3 is 0 Å². The number of nitrogens with zero attached hydrogens (tertiary/aromatic N) is 1. The van der Waals surface area contributed by atoms with Crippen molar-refractivity contribution in [2.24, 2.45) is 0 Å². The fourth-order valence-electron chi connectivity index (χ4n) is 1.85. The number of benzene rings is 1. The summed E-state index contributed by atoms with van der Waals surface area (Å²) in [4.78, 5) is 7.78. The molecule has 0 saturated carbocycles. The molecule has 1 aromatic carbocycles. The highest BCUT2D eigenvalue weighted by Gasteiger charge is 2.03. The number of aromatic amines is 1. The van der Waals surface area contributed by atoms with E-state index in [1.807, 2.05) is 13.8 Å². The number of nitrogens with two attached hydrogens (primary N) is 1. The van der Waals surface area contributed by atoms with Gasteiger partial charge in [0.25, 0.3) is 0 Å². The SMILES string of the molecule is Cc1ccc(CCc2nc(C)c(C)[nH]2)cc1N. The molecular formula is C14H19N3. The molecule has 2 rings (SSSR count). The van der Waals surface area contributed by atoms with E-state index in [9.17, 15) is 0 Å². The Hall–Kier alpha value is -1.77. The molecule has 0 fully saturated rings. The van der Waals surface area contributed by atoms with Crippen molar-refractivity contribution >= 4 is 5.69 Å². The zero-order chi connectivity index (χ0) is 12.4. The van der Waals surface area contributed by atoms with Crippen LogP contribution in [0.1, 0.15) is 28.3 Å². The van der Waals surface area contributed by atoms with E-state index >= 15 is 0 Å². The first-order valence-corrected chi connectivity index (χ1v) is 5.93. The Morgan fingerprint density at radius 1 is 1.18 bits per heavy atom. The molecule has 0 aliphatic heterocycles. The minimum absolute atomic E-state index is 0.870. The number of rotatable bonds is 3. The average molecular weight is 229 g/mol. The number of H-pyrrole nitrogens is 1. The van der Waals surface area contributed by atoms with E-state index < -0.39 is 0 Å². The predicted octanol–water partition coefficient (Wildman–Crippen LogP) is 2.70. The summed E-state index contributed by atoms with van der Waals surface area (Å²) in [7, 11) is 0. The Labute approximate surface area is 102 Å². The number of nitrogen functional groups attached to an aromatic ring is 1. The number of nitrogens with one attached hydrogen (secondary N) is 1. The highest BCUT2D eigenvalue weighted by Crippen LogP contribution is 2.14. The van der Waals surface area contributed by atoms with Crippen molar-refractivity contribution in [3.63, 3.8) is 0 Å². The predicted molar refractivity (Wildman–Crippen MR) is 71.1 cm³/mol. The number of anilines is 1. The third-order valence-corrected chi connectivity index (χ3v) is 3.17. The zero-order valence-electron chi connectivity index (χ0n) is 10.7. The lowest BCUT2D eigenvalue weighted by atomic mass is 10.1. The van der Waals surface area contributed by atoms with Gasteiger partial charge in [-0.2, -0.15) is 0 Å². The molecule has 1 aromatic heterocycles. The van der Waals surface area contributed by atoms with E-state index in [1.165, 1.54) is 5.56 Å². The number of aryl methyl sites for hydroxylation is 5. The van der Waals surface area contributed by atoms with E-state index in [0.29, 0.717) is 0 Å². The standard InChI is InChI=1S/C14H19N3/c1-9-4-5-12(8-13(9)15)6-7-14-16-10(2)11(3)17-14/h4-5,8H,6-7,15H2,1-3H3,(H,16,17). The van der Waals surface area contributed by atoms with Gasteiger partial charge in [0.1, 0.15) is 5.82 Å². The van der Waals surface area contributed by atoms with E-state index in [4.69, 9.17) is 5.73 Å². The van der Waals surface area contributed by atoms with Crippen LogP contribution < -0.4 is 5.73 Å². The average Bonchev–Trinajstić information content (AvgIpc) is 2.60. The summed E-state index contributed by atoms with van der Waals surface area (Å²) in [5.74, 6) is 1.05. The van der Waals surface area contributed by atoms with E-state index in [-0.39, 0.29) is 0 Å². The molecule has 0 atom stereocenters. The van der Waals surface area contributed by atoms with Crippen LogP contribution in [0, 0.1) is 20.8 Å². The van der Waals surface area contributed by atoms with Gasteiger partial charge in [-0.15, -0.1) is 0 Å². The summed E-state index contributed by atoms with van der Waals surface area (Å²) in [5, 5.41) is 0. The lowest BCUT2D eigenvalue weighted by Crippen LogP contribution is -1.96. The molecule has 3 N–H and O–H groups in total. The molecule has 0 amide bonds. The van der Waals surface area contributed by atoms with Crippen molar-refractivity contribution in [2.45, 2.75) is 33.6 Å². The van der Waals surface area contributed by atoms with Crippen molar-refractivity contribution in [3.05, 3.63) is 46.5 Å². The maximum absolute atomic E-state index is 5.89. The summed E-state index contributed by atoms with van der Waals surface area (Å²) < 4.78 is 0. The molecular weight excluding hydrogens is 210 g/mol.